The van der Waals surface area contributed by atoms with Crippen LogP contribution in [0.25, 0.3) is 11.0 Å². The zero-order chi connectivity index (χ0) is 22.7. The maximum atomic E-state index is 5.60. The van der Waals surface area contributed by atoms with Crippen molar-refractivity contribution in [3.63, 3.8) is 0 Å². The van der Waals surface area contributed by atoms with Crippen molar-refractivity contribution in [3.05, 3.63) is 24.3 Å². The Morgan fingerprint density at radius 3 is 2.66 bits per heavy atom. The third kappa shape index (κ3) is 4.81. The van der Waals surface area contributed by atoms with Gasteiger partial charge in [-0.3, -0.25) is 4.68 Å². The molecule has 0 radical (unpaired) electrons. The minimum atomic E-state index is 0.223. The minimum absolute atomic E-state index is 0.223. The van der Waals surface area contributed by atoms with Crippen LogP contribution in [-0.4, -0.2) is 68.1 Å². The van der Waals surface area contributed by atoms with Crippen molar-refractivity contribution < 1.29 is 4.74 Å². The monoisotopic (exact) mass is 439 g/mol. The van der Waals surface area contributed by atoms with Gasteiger partial charge >= 0.3 is 0 Å². The predicted octanol–water partition coefficient (Wildman–Crippen LogP) is 2.71. The van der Waals surface area contributed by atoms with Crippen LogP contribution >= 0.6 is 0 Å². The first kappa shape index (κ1) is 22.3. The van der Waals surface area contributed by atoms with Crippen LogP contribution in [0.1, 0.15) is 46.2 Å². The van der Waals surface area contributed by atoms with Crippen molar-refractivity contribution in [2.75, 3.05) is 36.5 Å². The highest BCUT2D eigenvalue weighted by molar-refractivity contribution is 5.90. The van der Waals surface area contributed by atoms with Crippen molar-refractivity contribution in [1.29, 1.82) is 0 Å². The highest BCUT2D eigenvalue weighted by atomic mass is 16.5. The molecule has 3 aromatic rings. The summed E-state index contributed by atoms with van der Waals surface area (Å²) in [5, 5.41) is 11.9. The third-order valence-corrected chi connectivity index (χ3v) is 5.47. The number of nitrogens with one attached hydrogen (secondary N) is 2. The van der Waals surface area contributed by atoms with Gasteiger partial charge < -0.3 is 20.3 Å². The molecular formula is C22H33N9O. The highest BCUT2D eigenvalue weighted by Gasteiger charge is 2.26. The number of ether oxygens (including phenoxy) is 1. The molecule has 32 heavy (non-hydrogen) atoms. The van der Waals surface area contributed by atoms with Gasteiger partial charge in [0.15, 0.2) is 5.82 Å². The van der Waals surface area contributed by atoms with Crippen LogP contribution in [0.5, 0.6) is 0 Å². The fraction of sp³-hybridized carbons (Fsp3) is 0.591. The van der Waals surface area contributed by atoms with E-state index in [9.17, 15) is 0 Å². The van der Waals surface area contributed by atoms with E-state index >= 15 is 0 Å². The van der Waals surface area contributed by atoms with E-state index in [1.807, 2.05) is 17.7 Å². The summed E-state index contributed by atoms with van der Waals surface area (Å²) in [4.78, 5) is 20.6. The maximum Gasteiger partial charge on any atom is 0.228 e. The Hall–Kier alpha value is -2.85. The van der Waals surface area contributed by atoms with Gasteiger partial charge in [0.2, 0.25) is 5.95 Å². The first-order chi connectivity index (χ1) is 15.5. The fourth-order valence-electron chi connectivity index (χ4n) is 4.14. The maximum absolute atomic E-state index is 5.60. The Morgan fingerprint density at radius 1 is 1.22 bits per heavy atom. The quantitative estimate of drug-likeness (QED) is 0.512. The SMILES string of the molecule is CCOCCn1nc(C(C)C)c2nc(N3C[C@@H](C)N[C@@H](C)C3)nc(Nc3ccncn3)c21. The van der Waals surface area contributed by atoms with Gasteiger partial charge in [0.05, 0.1) is 18.8 Å². The van der Waals surface area contributed by atoms with Gasteiger partial charge in [-0.25, -0.2) is 15.0 Å². The molecule has 1 fully saturated rings. The standard InChI is InChI=1S/C22H33N9O/c1-6-32-10-9-31-20-19(18(29-31)14(2)3)27-22(30-11-15(4)25-16(5)12-30)28-21(20)26-17-7-8-23-13-24-17/h7-8,13-16,25H,6,9-12H2,1-5H3,(H,23,24,26,27,28)/t15-,16+. The average Bonchev–Trinajstić information content (AvgIpc) is 3.13. The zero-order valence-electron chi connectivity index (χ0n) is 19.5. The van der Waals surface area contributed by atoms with Crippen LogP contribution in [-0.2, 0) is 11.3 Å². The molecule has 4 rings (SSSR count). The van der Waals surface area contributed by atoms with Gasteiger partial charge in [0, 0.05) is 38.0 Å². The van der Waals surface area contributed by atoms with Crippen molar-refractivity contribution in [1.82, 2.24) is 35.0 Å². The molecule has 0 aliphatic carbocycles. The summed E-state index contributed by atoms with van der Waals surface area (Å²) in [6.07, 6.45) is 3.23. The van der Waals surface area contributed by atoms with E-state index in [-0.39, 0.29) is 5.92 Å². The van der Waals surface area contributed by atoms with Gasteiger partial charge in [0.25, 0.3) is 0 Å². The van der Waals surface area contributed by atoms with E-state index < -0.39 is 0 Å². The number of rotatable bonds is 8. The fourth-order valence-corrected chi connectivity index (χ4v) is 4.14. The molecular weight excluding hydrogens is 406 g/mol. The second kappa shape index (κ2) is 9.74. The molecule has 0 aromatic carbocycles. The molecule has 2 atom stereocenters. The minimum Gasteiger partial charge on any atom is -0.380 e. The summed E-state index contributed by atoms with van der Waals surface area (Å²) < 4.78 is 7.55. The highest BCUT2D eigenvalue weighted by Crippen LogP contribution is 2.31. The van der Waals surface area contributed by atoms with Crippen molar-refractivity contribution >= 4 is 28.6 Å². The molecule has 0 spiro atoms. The second-order valence-electron chi connectivity index (χ2n) is 8.62. The Bertz CT molecular complexity index is 1030. The molecule has 0 amide bonds. The van der Waals surface area contributed by atoms with Gasteiger partial charge in [-0.2, -0.15) is 10.1 Å². The first-order valence-electron chi connectivity index (χ1n) is 11.4. The number of aromatic nitrogens is 6. The van der Waals surface area contributed by atoms with E-state index in [2.05, 4.69) is 53.2 Å². The van der Waals surface area contributed by atoms with Crippen LogP contribution in [0.15, 0.2) is 18.6 Å². The second-order valence-corrected chi connectivity index (χ2v) is 8.62. The Morgan fingerprint density at radius 2 is 2.00 bits per heavy atom. The normalized spacial score (nSPS) is 19.1. The van der Waals surface area contributed by atoms with Gasteiger partial charge in [-0.05, 0) is 32.8 Å². The molecule has 10 heteroatoms. The summed E-state index contributed by atoms with van der Waals surface area (Å²) in [7, 11) is 0. The lowest BCUT2D eigenvalue weighted by Crippen LogP contribution is -2.54. The number of anilines is 3. The lowest BCUT2D eigenvalue weighted by atomic mass is 10.1. The number of hydrogen-bond donors (Lipinski definition) is 2. The molecule has 0 bridgehead atoms. The summed E-state index contributed by atoms with van der Waals surface area (Å²) >= 11 is 0. The van der Waals surface area contributed by atoms with Crippen molar-refractivity contribution in [3.8, 4) is 0 Å². The van der Waals surface area contributed by atoms with Crippen LogP contribution in [0.3, 0.4) is 0 Å². The Labute approximate surface area is 188 Å². The smallest absolute Gasteiger partial charge is 0.228 e. The summed E-state index contributed by atoms with van der Waals surface area (Å²) in [5.74, 6) is 2.30. The van der Waals surface area contributed by atoms with Gasteiger partial charge in [-0.15, -0.1) is 0 Å². The molecule has 10 nitrogen and oxygen atoms in total. The van der Waals surface area contributed by atoms with Crippen molar-refractivity contribution in [2.45, 2.75) is 59.2 Å². The average molecular weight is 440 g/mol. The van der Waals surface area contributed by atoms with Gasteiger partial charge in [-0.1, -0.05) is 13.8 Å². The largest absolute Gasteiger partial charge is 0.380 e. The van der Waals surface area contributed by atoms with E-state index in [1.54, 1.807) is 6.20 Å². The molecule has 2 N–H and O–H groups in total. The molecule has 172 valence electrons. The van der Waals surface area contributed by atoms with E-state index in [4.69, 9.17) is 19.8 Å². The lowest BCUT2D eigenvalue weighted by Gasteiger charge is -2.36. The predicted molar refractivity (Wildman–Crippen MR) is 125 cm³/mol. The molecule has 4 heterocycles. The molecule has 3 aromatic heterocycles. The molecule has 0 saturated carbocycles. The Kier molecular flexibility index (Phi) is 6.80. The first-order valence-corrected chi connectivity index (χ1v) is 11.4. The Balaban J connectivity index is 1.84. The lowest BCUT2D eigenvalue weighted by molar-refractivity contribution is 0.137. The number of nitrogens with zero attached hydrogens (tertiary/aromatic N) is 7. The summed E-state index contributed by atoms with van der Waals surface area (Å²) in [6.45, 7) is 14.2. The molecule has 1 saturated heterocycles. The van der Waals surface area contributed by atoms with Crippen LogP contribution in [0.2, 0.25) is 0 Å². The van der Waals surface area contributed by atoms with E-state index in [0.717, 1.165) is 29.8 Å². The topological polar surface area (TPSA) is 106 Å². The summed E-state index contributed by atoms with van der Waals surface area (Å²) in [6, 6.07) is 2.54. The molecule has 1 aliphatic heterocycles. The third-order valence-electron chi connectivity index (χ3n) is 5.47. The van der Waals surface area contributed by atoms with E-state index in [1.165, 1.54) is 6.33 Å². The zero-order valence-corrected chi connectivity index (χ0v) is 19.5. The number of fused-ring (bicyclic) bond motifs is 1. The van der Waals surface area contributed by atoms with Gasteiger partial charge in [0.1, 0.15) is 23.2 Å². The van der Waals surface area contributed by atoms with Crippen LogP contribution in [0.4, 0.5) is 17.6 Å². The van der Waals surface area contributed by atoms with Crippen LogP contribution < -0.4 is 15.5 Å². The summed E-state index contributed by atoms with van der Waals surface area (Å²) in [5.41, 5.74) is 2.70. The number of hydrogen-bond acceptors (Lipinski definition) is 9. The number of piperazine rings is 1. The van der Waals surface area contributed by atoms with E-state index in [0.29, 0.717) is 49.4 Å². The van der Waals surface area contributed by atoms with Crippen LogP contribution in [0, 0.1) is 0 Å². The van der Waals surface area contributed by atoms with Crippen molar-refractivity contribution in [2.24, 2.45) is 0 Å². The molecule has 0 unspecified atom stereocenters. The molecule has 1 aliphatic rings.